The lowest BCUT2D eigenvalue weighted by Gasteiger charge is -2.16. The topological polar surface area (TPSA) is 87.3 Å². The Kier molecular flexibility index (Phi) is 7.19. The average molecular weight is 416 g/mol. The van der Waals surface area contributed by atoms with E-state index in [1.165, 1.54) is 11.3 Å². The van der Waals surface area contributed by atoms with E-state index >= 15 is 0 Å². The molecule has 1 atom stereocenters. The molecule has 0 spiro atoms. The molecule has 2 aromatic rings. The second-order valence-electron chi connectivity index (χ2n) is 8.11. The Labute approximate surface area is 176 Å². The Balaban J connectivity index is 2.19. The summed E-state index contributed by atoms with van der Waals surface area (Å²) in [4.78, 5) is 38.1. The van der Waals surface area contributed by atoms with Crippen LogP contribution in [0.15, 0.2) is 30.3 Å². The lowest BCUT2D eigenvalue weighted by Crippen LogP contribution is -2.32. The van der Waals surface area contributed by atoms with Crippen LogP contribution in [0.3, 0.4) is 0 Å². The lowest BCUT2D eigenvalue weighted by atomic mass is 9.96. The number of thiophene rings is 1. The van der Waals surface area contributed by atoms with Gasteiger partial charge in [0.2, 0.25) is 5.91 Å². The van der Waals surface area contributed by atoms with Crippen LogP contribution in [-0.2, 0) is 4.79 Å². The molecule has 1 aromatic carbocycles. The summed E-state index contributed by atoms with van der Waals surface area (Å²) >= 11 is 1.22. The maximum absolute atomic E-state index is 12.8. The van der Waals surface area contributed by atoms with Crippen LogP contribution in [0.2, 0.25) is 0 Å². The van der Waals surface area contributed by atoms with Crippen LogP contribution in [0.4, 0.5) is 10.7 Å². The molecule has 0 bridgehead atoms. The molecule has 156 valence electrons. The quantitative estimate of drug-likeness (QED) is 0.632. The largest absolute Gasteiger partial charge is 0.350 e. The summed E-state index contributed by atoms with van der Waals surface area (Å²) in [5.74, 6) is -0.651. The van der Waals surface area contributed by atoms with Gasteiger partial charge < -0.3 is 16.0 Å². The number of aryl methyl sites for hydroxylation is 1. The molecule has 0 aliphatic heterocycles. The number of benzene rings is 1. The molecule has 29 heavy (non-hydrogen) atoms. The van der Waals surface area contributed by atoms with Crippen molar-refractivity contribution < 1.29 is 14.4 Å². The van der Waals surface area contributed by atoms with E-state index in [1.54, 1.807) is 30.3 Å². The van der Waals surface area contributed by atoms with E-state index in [2.05, 4.69) is 16.0 Å². The Morgan fingerprint density at radius 2 is 1.72 bits per heavy atom. The van der Waals surface area contributed by atoms with Crippen LogP contribution in [-0.4, -0.2) is 23.8 Å². The molecule has 0 fully saturated rings. The van der Waals surface area contributed by atoms with Crippen molar-refractivity contribution in [3.63, 3.8) is 0 Å². The number of rotatable bonds is 6. The van der Waals surface area contributed by atoms with Crippen molar-refractivity contribution in [2.75, 3.05) is 10.6 Å². The van der Waals surface area contributed by atoms with E-state index in [4.69, 9.17) is 0 Å². The van der Waals surface area contributed by atoms with Gasteiger partial charge in [-0.25, -0.2) is 0 Å². The van der Waals surface area contributed by atoms with Gasteiger partial charge in [-0.2, -0.15) is 0 Å². The summed E-state index contributed by atoms with van der Waals surface area (Å²) in [6.45, 7) is 11.2. The fourth-order valence-electron chi connectivity index (χ4n) is 2.44. The molecule has 0 saturated carbocycles. The Bertz CT molecular complexity index is 912. The summed E-state index contributed by atoms with van der Waals surface area (Å²) < 4.78 is 0. The smallest absolute Gasteiger partial charge is 0.266 e. The van der Waals surface area contributed by atoms with Gasteiger partial charge >= 0.3 is 0 Å². The third-order valence-corrected chi connectivity index (χ3v) is 5.60. The van der Waals surface area contributed by atoms with E-state index in [0.29, 0.717) is 21.1 Å². The van der Waals surface area contributed by atoms with Crippen molar-refractivity contribution in [3.05, 3.63) is 46.3 Å². The summed E-state index contributed by atoms with van der Waals surface area (Å²) in [6.07, 6.45) is 0.817. The third kappa shape index (κ3) is 5.90. The second-order valence-corrected chi connectivity index (χ2v) is 9.16. The highest BCUT2D eigenvalue weighted by molar-refractivity contribution is 7.18. The van der Waals surface area contributed by atoms with Gasteiger partial charge in [-0.05, 0) is 44.0 Å². The van der Waals surface area contributed by atoms with Gasteiger partial charge in [0.25, 0.3) is 11.8 Å². The van der Waals surface area contributed by atoms with Crippen LogP contribution in [0, 0.1) is 12.3 Å². The molecule has 3 amide bonds. The maximum atomic E-state index is 12.8. The van der Waals surface area contributed by atoms with Gasteiger partial charge in [0.15, 0.2) is 0 Å². The first kappa shape index (κ1) is 22.6. The molecule has 1 aromatic heterocycles. The summed E-state index contributed by atoms with van der Waals surface area (Å²) in [6, 6.07) is 8.74. The third-order valence-electron chi connectivity index (χ3n) is 4.45. The molecule has 0 aliphatic carbocycles. The van der Waals surface area contributed by atoms with Gasteiger partial charge in [0.05, 0.1) is 21.1 Å². The van der Waals surface area contributed by atoms with Crippen molar-refractivity contribution >= 4 is 39.7 Å². The first-order valence-electron chi connectivity index (χ1n) is 9.66. The highest BCUT2D eigenvalue weighted by atomic mass is 32.1. The minimum atomic E-state index is -0.526. The molecule has 0 radical (unpaired) electrons. The number of hydrogen-bond acceptors (Lipinski definition) is 4. The number of hydrogen-bond donors (Lipinski definition) is 3. The Morgan fingerprint density at radius 3 is 2.34 bits per heavy atom. The van der Waals surface area contributed by atoms with Crippen molar-refractivity contribution in [3.8, 4) is 0 Å². The fourth-order valence-corrected chi connectivity index (χ4v) is 3.40. The zero-order valence-corrected chi connectivity index (χ0v) is 18.6. The molecule has 6 nitrogen and oxygen atoms in total. The molecule has 1 heterocycles. The van der Waals surface area contributed by atoms with E-state index in [1.807, 2.05) is 41.5 Å². The fraction of sp³-hybridized carbons (Fsp3) is 0.409. The highest BCUT2D eigenvalue weighted by Crippen LogP contribution is 2.29. The van der Waals surface area contributed by atoms with Gasteiger partial charge in [0, 0.05) is 11.5 Å². The first-order valence-corrected chi connectivity index (χ1v) is 10.5. The number of amides is 3. The predicted octanol–water partition coefficient (Wildman–Crippen LogP) is 4.82. The molecule has 0 aliphatic rings. The number of carbonyl (C=O) groups is 3. The molecule has 3 N–H and O–H groups in total. The molecule has 0 saturated heterocycles. The molecule has 7 heteroatoms. The number of nitrogens with one attached hydrogen (secondary N) is 3. The van der Waals surface area contributed by atoms with Crippen LogP contribution in [0.5, 0.6) is 0 Å². The van der Waals surface area contributed by atoms with Crippen molar-refractivity contribution in [1.82, 2.24) is 5.32 Å². The van der Waals surface area contributed by atoms with Gasteiger partial charge in [-0.3, -0.25) is 14.4 Å². The van der Waals surface area contributed by atoms with E-state index in [0.717, 1.165) is 12.0 Å². The Hall–Kier alpha value is -2.67. The van der Waals surface area contributed by atoms with Gasteiger partial charge in [-0.1, -0.05) is 39.8 Å². The van der Waals surface area contributed by atoms with Crippen molar-refractivity contribution in [1.29, 1.82) is 0 Å². The van der Waals surface area contributed by atoms with Crippen LogP contribution < -0.4 is 16.0 Å². The van der Waals surface area contributed by atoms with Crippen LogP contribution >= 0.6 is 11.3 Å². The van der Waals surface area contributed by atoms with Gasteiger partial charge in [0.1, 0.15) is 0 Å². The highest BCUT2D eigenvalue weighted by Gasteiger charge is 2.23. The second kappa shape index (κ2) is 9.22. The van der Waals surface area contributed by atoms with Crippen LogP contribution in [0.25, 0.3) is 0 Å². The van der Waals surface area contributed by atoms with Gasteiger partial charge in [-0.15, -0.1) is 11.3 Å². The SMILES string of the molecule is CC[C@@H](C)NC(=O)c1ccccc1NC(=O)c1sc(NC(=O)C(C)(C)C)cc1C. The van der Waals surface area contributed by atoms with Crippen LogP contribution in [0.1, 0.15) is 66.6 Å². The average Bonchev–Trinajstić information content (AvgIpc) is 3.01. The monoisotopic (exact) mass is 415 g/mol. The molecular weight excluding hydrogens is 386 g/mol. The van der Waals surface area contributed by atoms with E-state index in [-0.39, 0.29) is 23.8 Å². The summed E-state index contributed by atoms with van der Waals surface area (Å²) in [7, 11) is 0. The van der Waals surface area contributed by atoms with Crippen molar-refractivity contribution in [2.45, 2.75) is 54.0 Å². The first-order chi connectivity index (χ1) is 13.5. The molecular formula is C22H29N3O3S. The van der Waals surface area contributed by atoms with Crippen molar-refractivity contribution in [2.24, 2.45) is 5.41 Å². The Morgan fingerprint density at radius 1 is 1.07 bits per heavy atom. The number of anilines is 2. The summed E-state index contributed by atoms with van der Waals surface area (Å²) in [5, 5.41) is 9.23. The minimum Gasteiger partial charge on any atom is -0.350 e. The lowest BCUT2D eigenvalue weighted by molar-refractivity contribution is -0.123. The molecule has 2 rings (SSSR count). The van der Waals surface area contributed by atoms with E-state index in [9.17, 15) is 14.4 Å². The zero-order chi connectivity index (χ0) is 21.8. The minimum absolute atomic E-state index is 0.0415. The normalized spacial score (nSPS) is 12.2. The zero-order valence-electron chi connectivity index (χ0n) is 17.8. The maximum Gasteiger partial charge on any atom is 0.266 e. The number of para-hydroxylation sites is 1. The number of carbonyl (C=O) groups excluding carboxylic acids is 3. The summed E-state index contributed by atoms with van der Waals surface area (Å²) in [5.41, 5.74) is 1.10. The predicted molar refractivity (Wildman–Crippen MR) is 119 cm³/mol. The standard InChI is InChI=1S/C22H29N3O3S/c1-7-14(3)23-19(26)15-10-8-9-11-16(15)24-20(27)18-13(2)12-17(29-18)25-21(28)22(4,5)6/h8-12,14H,7H2,1-6H3,(H,23,26)(H,24,27)(H,25,28)/t14-/m1/s1. The molecule has 0 unspecified atom stereocenters. The van der Waals surface area contributed by atoms with E-state index < -0.39 is 5.41 Å².